The van der Waals surface area contributed by atoms with Crippen LogP contribution in [0.5, 0.6) is 0 Å². The highest BCUT2D eigenvalue weighted by atomic mass is 32.2. The molecular formula is C42H70O14S2. The van der Waals surface area contributed by atoms with Crippen LogP contribution in [0.2, 0.25) is 0 Å². The fourth-order valence-corrected chi connectivity index (χ4v) is 7.05. The molecule has 14 nitrogen and oxygen atoms in total. The van der Waals surface area contributed by atoms with Gasteiger partial charge >= 0.3 is 35.8 Å². The van der Waals surface area contributed by atoms with E-state index in [1.165, 1.54) is 23.5 Å². The van der Waals surface area contributed by atoms with Crippen molar-refractivity contribution in [3.8, 4) is 0 Å². The topological polar surface area (TPSA) is 176 Å². The van der Waals surface area contributed by atoms with Gasteiger partial charge in [-0.2, -0.15) is 0 Å². The van der Waals surface area contributed by atoms with Crippen LogP contribution in [0.15, 0.2) is 0 Å². The summed E-state index contributed by atoms with van der Waals surface area (Å²) in [4.78, 5) is 79.5. The van der Waals surface area contributed by atoms with Crippen LogP contribution in [0.4, 0.5) is 0 Å². The van der Waals surface area contributed by atoms with Crippen LogP contribution >= 0.6 is 23.5 Å². The molecule has 2 aliphatic rings. The fraction of sp³-hybridized carbons (Fsp3) is 0.857. The SMILES string of the molecule is CC(C)(C)C(=O)O[C@@H]1[C@@H](OC(=O)C(C)(C)C)[C@H](SCCS[C@@H]2OC[C@H](OC(=O)C(C)(C)C)[C@H](OC(=O)C(C)(C)C)[C@H]2OC(=O)C(C)(C)C)OC[C@@H]1OC(=O)C(C)(C)C. The zero-order valence-electron chi connectivity index (χ0n) is 38.0. The molecule has 334 valence electrons. The van der Waals surface area contributed by atoms with Crippen LogP contribution in [0.25, 0.3) is 0 Å². The zero-order chi connectivity index (χ0) is 45.0. The number of carbonyl (C=O) groups is 6. The molecular weight excluding hydrogens is 793 g/mol. The first kappa shape index (κ1) is 51.6. The standard InChI is InChI=1S/C42H70O14S2/c1-37(2,3)31(43)51-23-21-49-29(27(55-35(47)41(13,14)15)25(23)53-33(45)39(7,8)9)57-19-20-58-30-28(56-36(48)42(16,17)18)26(54-34(46)40(10,11)12)24(22-50-30)52-32(44)38(4,5)6/h23-30H,19-22H2,1-18H3/t23-,24-,25-,26-,27+,28+,29-,30-/m0/s1. The zero-order valence-corrected chi connectivity index (χ0v) is 39.6. The van der Waals surface area contributed by atoms with Gasteiger partial charge in [0.2, 0.25) is 0 Å². The Labute approximate surface area is 354 Å². The van der Waals surface area contributed by atoms with Gasteiger partial charge in [-0.15, -0.1) is 23.5 Å². The van der Waals surface area contributed by atoms with E-state index in [2.05, 4.69) is 0 Å². The van der Waals surface area contributed by atoms with Gasteiger partial charge in [-0.3, -0.25) is 28.8 Å². The Morgan fingerprint density at radius 2 is 0.586 bits per heavy atom. The summed E-state index contributed by atoms with van der Waals surface area (Å²) in [6.07, 6.45) is -6.82. The molecule has 8 atom stereocenters. The van der Waals surface area contributed by atoms with E-state index in [9.17, 15) is 28.8 Å². The minimum Gasteiger partial charge on any atom is -0.455 e. The van der Waals surface area contributed by atoms with Crippen molar-refractivity contribution in [2.24, 2.45) is 32.5 Å². The number of rotatable bonds is 11. The van der Waals surface area contributed by atoms with Gasteiger partial charge in [0.1, 0.15) is 10.9 Å². The third kappa shape index (κ3) is 15.2. The quantitative estimate of drug-likeness (QED) is 0.119. The predicted molar refractivity (Wildman–Crippen MR) is 220 cm³/mol. The molecule has 0 amide bonds. The van der Waals surface area contributed by atoms with Crippen molar-refractivity contribution >= 4 is 59.3 Å². The molecule has 16 heteroatoms. The van der Waals surface area contributed by atoms with Gasteiger partial charge in [0.25, 0.3) is 0 Å². The molecule has 0 aromatic heterocycles. The molecule has 0 aliphatic carbocycles. The van der Waals surface area contributed by atoms with Crippen LogP contribution < -0.4 is 0 Å². The summed E-state index contributed by atoms with van der Waals surface area (Å²) in [7, 11) is 0. The summed E-state index contributed by atoms with van der Waals surface area (Å²) >= 11 is 2.57. The van der Waals surface area contributed by atoms with E-state index in [1.54, 1.807) is 125 Å². The maximum absolute atomic E-state index is 13.4. The van der Waals surface area contributed by atoms with Crippen LogP contribution in [-0.4, -0.2) is 108 Å². The summed E-state index contributed by atoms with van der Waals surface area (Å²) in [5.74, 6) is -2.67. The molecule has 2 fully saturated rings. The Morgan fingerprint density at radius 1 is 0.379 bits per heavy atom. The van der Waals surface area contributed by atoms with Gasteiger partial charge in [0.05, 0.1) is 45.7 Å². The van der Waals surface area contributed by atoms with Crippen molar-refractivity contribution < 1.29 is 66.7 Å². The summed E-state index contributed by atoms with van der Waals surface area (Å²) in [5.41, 5.74) is -7.16. The monoisotopic (exact) mass is 862 g/mol. The predicted octanol–water partition coefficient (Wildman–Crippen LogP) is 6.91. The Bertz CT molecular complexity index is 1360. The highest BCUT2D eigenvalue weighted by Gasteiger charge is 2.52. The molecule has 2 heterocycles. The molecule has 58 heavy (non-hydrogen) atoms. The number of thioether (sulfide) groups is 2. The number of hydrogen-bond donors (Lipinski definition) is 0. The second-order valence-corrected chi connectivity index (χ2v) is 23.4. The van der Waals surface area contributed by atoms with Gasteiger partial charge in [0, 0.05) is 11.5 Å². The molecule has 0 spiro atoms. The van der Waals surface area contributed by atoms with Gasteiger partial charge in [-0.05, 0) is 125 Å². The highest BCUT2D eigenvalue weighted by molar-refractivity contribution is 8.03. The second-order valence-electron chi connectivity index (χ2n) is 21.0. The lowest BCUT2D eigenvalue weighted by Crippen LogP contribution is -2.58. The number of carbonyl (C=O) groups excluding carboxylic acids is 6. The Kier molecular flexibility index (Phi) is 17.3. The normalized spacial score (nSPS) is 26.2. The highest BCUT2D eigenvalue weighted by Crippen LogP contribution is 2.38. The summed E-state index contributed by atoms with van der Waals surface area (Å²) < 4.78 is 48.2. The first-order valence-electron chi connectivity index (χ1n) is 19.8. The van der Waals surface area contributed by atoms with E-state index >= 15 is 0 Å². The van der Waals surface area contributed by atoms with Crippen LogP contribution in [0.3, 0.4) is 0 Å². The molecule has 0 aromatic rings. The van der Waals surface area contributed by atoms with E-state index in [0.29, 0.717) is 11.5 Å². The van der Waals surface area contributed by atoms with Crippen LogP contribution in [-0.2, 0) is 66.7 Å². The summed E-state index contributed by atoms with van der Waals surface area (Å²) in [5, 5.41) is 0. The van der Waals surface area contributed by atoms with Crippen molar-refractivity contribution in [2.45, 2.75) is 172 Å². The second kappa shape index (κ2) is 19.4. The van der Waals surface area contributed by atoms with Crippen molar-refractivity contribution in [3.05, 3.63) is 0 Å². The lowest BCUT2D eigenvalue weighted by molar-refractivity contribution is -0.224. The van der Waals surface area contributed by atoms with Crippen molar-refractivity contribution in [3.63, 3.8) is 0 Å². The van der Waals surface area contributed by atoms with Gasteiger partial charge in [-0.1, -0.05) is 0 Å². The van der Waals surface area contributed by atoms with E-state index in [4.69, 9.17) is 37.9 Å². The third-order valence-electron chi connectivity index (χ3n) is 8.58. The minimum atomic E-state index is -1.18. The maximum Gasteiger partial charge on any atom is 0.311 e. The molecule has 0 unspecified atom stereocenters. The van der Waals surface area contributed by atoms with Gasteiger partial charge < -0.3 is 37.9 Å². The molecule has 0 aromatic carbocycles. The number of esters is 6. The van der Waals surface area contributed by atoms with Crippen LogP contribution in [0, 0.1) is 32.5 Å². The molecule has 2 rings (SSSR count). The molecule has 0 N–H and O–H groups in total. The van der Waals surface area contributed by atoms with Gasteiger partial charge in [0.15, 0.2) is 36.6 Å². The smallest absolute Gasteiger partial charge is 0.311 e. The Balaban J connectivity index is 2.45. The van der Waals surface area contributed by atoms with E-state index < -0.39 is 116 Å². The van der Waals surface area contributed by atoms with Gasteiger partial charge in [-0.25, -0.2) is 0 Å². The molecule has 0 bridgehead atoms. The average Bonchev–Trinajstić information content (AvgIpc) is 3.04. The lowest BCUT2D eigenvalue weighted by Gasteiger charge is -2.43. The van der Waals surface area contributed by atoms with Crippen molar-refractivity contribution in [1.29, 1.82) is 0 Å². The lowest BCUT2D eigenvalue weighted by atomic mass is 9.95. The Hall–Kier alpha value is -2.56. The third-order valence-corrected chi connectivity index (χ3v) is 11.2. The fourth-order valence-electron chi connectivity index (χ4n) is 4.67. The first-order valence-corrected chi connectivity index (χ1v) is 21.9. The minimum absolute atomic E-state index is 0.135. The van der Waals surface area contributed by atoms with E-state index in [-0.39, 0.29) is 13.2 Å². The molecule has 2 saturated heterocycles. The molecule has 2 aliphatic heterocycles. The Morgan fingerprint density at radius 3 is 0.810 bits per heavy atom. The van der Waals surface area contributed by atoms with Crippen molar-refractivity contribution in [2.75, 3.05) is 24.7 Å². The van der Waals surface area contributed by atoms with Crippen molar-refractivity contribution in [1.82, 2.24) is 0 Å². The first-order chi connectivity index (χ1) is 26.0. The van der Waals surface area contributed by atoms with E-state index in [1.807, 2.05) is 0 Å². The van der Waals surface area contributed by atoms with E-state index in [0.717, 1.165) is 0 Å². The number of hydrogen-bond acceptors (Lipinski definition) is 16. The van der Waals surface area contributed by atoms with Crippen LogP contribution in [0.1, 0.15) is 125 Å². The number of ether oxygens (including phenoxy) is 8. The maximum atomic E-state index is 13.4. The summed E-state index contributed by atoms with van der Waals surface area (Å²) in [6.45, 7) is 30.2. The molecule has 0 radical (unpaired) electrons. The summed E-state index contributed by atoms with van der Waals surface area (Å²) in [6, 6.07) is 0. The largest absolute Gasteiger partial charge is 0.455 e. The average molecular weight is 863 g/mol. The molecule has 0 saturated carbocycles.